The Bertz CT molecular complexity index is 562. The number of nitrogens with zero attached hydrogens (tertiary/aromatic N) is 1. The zero-order valence-corrected chi connectivity index (χ0v) is 14.4. The molecule has 24 heavy (non-hydrogen) atoms. The number of carbonyl (C=O) groups is 2. The lowest BCUT2D eigenvalue weighted by molar-refractivity contribution is -0.128. The van der Waals surface area contributed by atoms with Crippen LogP contribution in [0.25, 0.3) is 0 Å². The van der Waals surface area contributed by atoms with Gasteiger partial charge in [-0.25, -0.2) is 0 Å². The molecule has 2 amide bonds. The maximum absolute atomic E-state index is 12.3. The van der Waals surface area contributed by atoms with Crippen LogP contribution in [0.1, 0.15) is 33.1 Å². The number of benzene rings is 1. The van der Waals surface area contributed by atoms with E-state index in [9.17, 15) is 9.59 Å². The Kier molecular flexibility index (Phi) is 7.06. The maximum atomic E-state index is 12.3. The van der Waals surface area contributed by atoms with E-state index in [1.807, 2.05) is 12.1 Å². The Labute approximate surface area is 143 Å². The predicted octanol–water partition coefficient (Wildman–Crippen LogP) is 2.12. The van der Waals surface area contributed by atoms with Gasteiger partial charge in [-0.15, -0.1) is 0 Å². The topological polar surface area (TPSA) is 67.9 Å². The molecule has 1 heterocycles. The Balaban J connectivity index is 1.80. The molecule has 6 nitrogen and oxygen atoms in total. The second-order valence-electron chi connectivity index (χ2n) is 5.82. The first-order chi connectivity index (χ1) is 11.6. The average molecular weight is 334 g/mol. The molecule has 0 bridgehead atoms. The fourth-order valence-electron chi connectivity index (χ4n) is 2.47. The van der Waals surface area contributed by atoms with Crippen molar-refractivity contribution in [2.24, 2.45) is 0 Å². The number of anilines is 1. The fraction of sp³-hybridized carbons (Fsp3) is 0.556. The normalized spacial score (nSPS) is 16.5. The van der Waals surface area contributed by atoms with Gasteiger partial charge in [-0.1, -0.05) is 25.5 Å². The third-order valence-corrected chi connectivity index (χ3v) is 3.81. The molecule has 1 unspecified atom stereocenters. The summed E-state index contributed by atoms with van der Waals surface area (Å²) in [5.74, 6) is 0.245. The minimum atomic E-state index is -0.584. The van der Waals surface area contributed by atoms with Gasteiger partial charge in [0.2, 0.25) is 5.91 Å². The van der Waals surface area contributed by atoms with Crippen LogP contribution in [0.3, 0.4) is 0 Å². The average Bonchev–Trinajstić information content (AvgIpc) is 2.58. The molecule has 0 aromatic heterocycles. The summed E-state index contributed by atoms with van der Waals surface area (Å²) in [6.07, 6.45) is 2.35. The number of para-hydroxylation sites is 2. The molecular formula is C18H26N2O4. The molecule has 0 fully saturated rings. The Hall–Kier alpha value is -2.08. The van der Waals surface area contributed by atoms with Gasteiger partial charge >= 0.3 is 0 Å². The molecule has 132 valence electrons. The Morgan fingerprint density at radius 1 is 1.29 bits per heavy atom. The molecular weight excluding hydrogens is 308 g/mol. The van der Waals surface area contributed by atoms with Crippen LogP contribution in [0.2, 0.25) is 0 Å². The van der Waals surface area contributed by atoms with Crippen LogP contribution in [0, 0.1) is 0 Å². The number of hydrogen-bond donors (Lipinski definition) is 1. The van der Waals surface area contributed by atoms with E-state index in [1.54, 1.807) is 19.1 Å². The smallest absolute Gasteiger partial charge is 0.268 e. The number of rotatable bonds is 9. The van der Waals surface area contributed by atoms with Crippen LogP contribution in [-0.4, -0.2) is 44.2 Å². The third kappa shape index (κ3) is 4.96. The van der Waals surface area contributed by atoms with E-state index in [0.29, 0.717) is 24.6 Å². The molecule has 0 radical (unpaired) electrons. The first-order valence-electron chi connectivity index (χ1n) is 8.55. The van der Waals surface area contributed by atoms with Gasteiger partial charge in [0, 0.05) is 19.8 Å². The van der Waals surface area contributed by atoms with Crippen LogP contribution >= 0.6 is 0 Å². The molecule has 0 aliphatic carbocycles. The molecule has 1 N–H and O–H groups in total. The van der Waals surface area contributed by atoms with E-state index >= 15 is 0 Å². The van der Waals surface area contributed by atoms with Crippen molar-refractivity contribution in [2.45, 2.75) is 39.2 Å². The Morgan fingerprint density at radius 3 is 2.83 bits per heavy atom. The highest BCUT2D eigenvalue weighted by Crippen LogP contribution is 2.33. The van der Waals surface area contributed by atoms with Crippen molar-refractivity contribution >= 4 is 17.5 Å². The summed E-state index contributed by atoms with van der Waals surface area (Å²) < 4.78 is 11.0. The van der Waals surface area contributed by atoms with Gasteiger partial charge < -0.3 is 14.8 Å². The summed E-state index contributed by atoms with van der Waals surface area (Å²) in [5, 5.41) is 2.83. The van der Waals surface area contributed by atoms with Gasteiger partial charge in [-0.2, -0.15) is 0 Å². The molecule has 1 aliphatic rings. The van der Waals surface area contributed by atoms with Gasteiger partial charge in [-0.05, 0) is 31.9 Å². The molecule has 0 spiro atoms. The molecule has 1 aromatic rings. The fourth-order valence-corrected chi connectivity index (χ4v) is 2.47. The molecule has 6 heteroatoms. The second kappa shape index (κ2) is 9.27. The SMILES string of the molecule is CCCCOCCCNC(=O)CN1C(=O)C(C)Oc2ccccc21. The largest absolute Gasteiger partial charge is 0.479 e. The van der Waals surface area contributed by atoms with E-state index in [0.717, 1.165) is 25.9 Å². The van der Waals surface area contributed by atoms with Crippen molar-refractivity contribution in [1.29, 1.82) is 0 Å². The standard InChI is InChI=1S/C18H26N2O4/c1-3-4-11-23-12-7-10-19-17(21)13-20-15-8-5-6-9-16(15)24-14(2)18(20)22/h5-6,8-9,14H,3-4,7,10-13H2,1-2H3,(H,19,21). The van der Waals surface area contributed by atoms with E-state index < -0.39 is 6.10 Å². The zero-order valence-electron chi connectivity index (χ0n) is 14.4. The van der Waals surface area contributed by atoms with Gasteiger partial charge in [0.05, 0.1) is 5.69 Å². The third-order valence-electron chi connectivity index (χ3n) is 3.81. The first kappa shape index (κ1) is 18.3. The van der Waals surface area contributed by atoms with E-state index in [-0.39, 0.29) is 18.4 Å². The van der Waals surface area contributed by atoms with Gasteiger partial charge in [0.15, 0.2) is 6.10 Å². The summed E-state index contributed by atoms with van der Waals surface area (Å²) in [6.45, 7) is 5.76. The molecule has 1 aromatic carbocycles. The van der Waals surface area contributed by atoms with Gasteiger partial charge in [0.25, 0.3) is 5.91 Å². The van der Waals surface area contributed by atoms with Crippen molar-refractivity contribution in [3.63, 3.8) is 0 Å². The number of fused-ring (bicyclic) bond motifs is 1. The number of unbranched alkanes of at least 4 members (excludes halogenated alkanes) is 1. The predicted molar refractivity (Wildman–Crippen MR) is 92.2 cm³/mol. The van der Waals surface area contributed by atoms with Crippen LogP contribution in [0.5, 0.6) is 5.75 Å². The number of amides is 2. The lowest BCUT2D eigenvalue weighted by Gasteiger charge is -2.32. The quantitative estimate of drug-likeness (QED) is 0.703. The minimum Gasteiger partial charge on any atom is -0.479 e. The van der Waals surface area contributed by atoms with Crippen LogP contribution in [0.15, 0.2) is 24.3 Å². The summed E-state index contributed by atoms with van der Waals surface area (Å²) >= 11 is 0. The highest BCUT2D eigenvalue weighted by molar-refractivity contribution is 6.03. The maximum Gasteiger partial charge on any atom is 0.268 e. The summed E-state index contributed by atoms with van der Waals surface area (Å²) in [5.41, 5.74) is 0.638. The van der Waals surface area contributed by atoms with E-state index in [2.05, 4.69) is 12.2 Å². The van der Waals surface area contributed by atoms with Crippen LogP contribution in [0.4, 0.5) is 5.69 Å². The minimum absolute atomic E-state index is 0.000237. The highest BCUT2D eigenvalue weighted by Gasteiger charge is 2.32. The van der Waals surface area contributed by atoms with Crippen molar-refractivity contribution in [1.82, 2.24) is 5.32 Å². The van der Waals surface area contributed by atoms with Crippen molar-refractivity contribution in [3.8, 4) is 5.75 Å². The van der Waals surface area contributed by atoms with Crippen molar-refractivity contribution in [2.75, 3.05) is 31.2 Å². The van der Waals surface area contributed by atoms with Crippen molar-refractivity contribution < 1.29 is 19.1 Å². The molecule has 2 rings (SSSR count). The summed E-state index contributed by atoms with van der Waals surface area (Å²) in [6, 6.07) is 7.26. The number of ether oxygens (including phenoxy) is 2. The molecule has 1 atom stereocenters. The second-order valence-corrected chi connectivity index (χ2v) is 5.82. The van der Waals surface area contributed by atoms with Gasteiger partial charge in [0.1, 0.15) is 12.3 Å². The van der Waals surface area contributed by atoms with Crippen molar-refractivity contribution in [3.05, 3.63) is 24.3 Å². The van der Waals surface area contributed by atoms with Crippen LogP contribution in [-0.2, 0) is 14.3 Å². The van der Waals surface area contributed by atoms with E-state index in [4.69, 9.17) is 9.47 Å². The highest BCUT2D eigenvalue weighted by atomic mass is 16.5. The molecule has 1 aliphatic heterocycles. The zero-order chi connectivity index (χ0) is 17.4. The first-order valence-corrected chi connectivity index (χ1v) is 8.55. The monoisotopic (exact) mass is 334 g/mol. The van der Waals surface area contributed by atoms with Crippen LogP contribution < -0.4 is 15.0 Å². The van der Waals surface area contributed by atoms with E-state index in [1.165, 1.54) is 4.90 Å². The lowest BCUT2D eigenvalue weighted by atomic mass is 10.2. The van der Waals surface area contributed by atoms with Gasteiger partial charge in [-0.3, -0.25) is 14.5 Å². The number of carbonyl (C=O) groups excluding carboxylic acids is 2. The molecule has 0 saturated heterocycles. The number of hydrogen-bond acceptors (Lipinski definition) is 4. The lowest BCUT2D eigenvalue weighted by Crippen LogP contribution is -2.48. The number of nitrogens with one attached hydrogen (secondary N) is 1. The Morgan fingerprint density at radius 2 is 2.04 bits per heavy atom. The summed E-state index contributed by atoms with van der Waals surface area (Å²) in [7, 11) is 0. The molecule has 0 saturated carbocycles. The summed E-state index contributed by atoms with van der Waals surface area (Å²) in [4.78, 5) is 25.9.